The maximum absolute atomic E-state index is 2.49. The zero-order chi connectivity index (χ0) is 11.6. The van der Waals surface area contributed by atoms with Gasteiger partial charge in [-0.25, -0.2) is 0 Å². The van der Waals surface area contributed by atoms with Crippen LogP contribution in [0.2, 0.25) is 0 Å². The molecule has 0 saturated heterocycles. The lowest BCUT2D eigenvalue weighted by molar-refractivity contribution is 0.605. The van der Waals surface area contributed by atoms with Crippen molar-refractivity contribution in [3.8, 4) is 0 Å². The van der Waals surface area contributed by atoms with Crippen LogP contribution in [0.3, 0.4) is 0 Å². The molecular weight excluding hydrogens is 182 g/mol. The number of hydrogen-bond donors (Lipinski definition) is 0. The predicted molar refractivity (Wildman–Crippen MR) is 68.7 cm³/mol. The molecule has 1 aromatic carbocycles. The van der Waals surface area contributed by atoms with Gasteiger partial charge in [0, 0.05) is 17.8 Å². The van der Waals surface area contributed by atoms with Gasteiger partial charge in [-0.1, -0.05) is 18.2 Å². The molecule has 0 N–H and O–H groups in total. The van der Waals surface area contributed by atoms with Gasteiger partial charge in [-0.15, -0.1) is 0 Å². The largest absolute Gasteiger partial charge is 0.366 e. The molecule has 0 unspecified atom stereocenters. The molecule has 0 aromatic heterocycles. The molecule has 1 rings (SSSR count). The molecule has 0 spiro atoms. The number of benzene rings is 1. The van der Waals surface area contributed by atoms with Gasteiger partial charge in [-0.2, -0.15) is 0 Å². The summed E-state index contributed by atoms with van der Waals surface area (Å²) in [4.78, 5) is 2.49. The van der Waals surface area contributed by atoms with Gasteiger partial charge in [0.25, 0.3) is 0 Å². The average molecular weight is 205 g/mol. The SMILES string of the molecule is Cc1cccc(C)c1N(C(C)C)C(C)C. The van der Waals surface area contributed by atoms with Gasteiger partial charge in [0.2, 0.25) is 0 Å². The Hall–Kier alpha value is -0.980. The fourth-order valence-electron chi connectivity index (χ4n) is 2.33. The lowest BCUT2D eigenvalue weighted by Crippen LogP contribution is -2.38. The van der Waals surface area contributed by atoms with Crippen molar-refractivity contribution in [3.05, 3.63) is 29.3 Å². The van der Waals surface area contributed by atoms with Crippen LogP contribution in [0.4, 0.5) is 5.69 Å². The summed E-state index contributed by atoms with van der Waals surface area (Å²) >= 11 is 0. The average Bonchev–Trinajstić information content (AvgIpc) is 2.09. The first-order chi connectivity index (χ1) is 6.95. The van der Waals surface area contributed by atoms with Gasteiger partial charge < -0.3 is 4.90 Å². The topological polar surface area (TPSA) is 3.24 Å². The smallest absolute Gasteiger partial charge is 0.0430 e. The molecule has 0 amide bonds. The zero-order valence-corrected chi connectivity index (χ0v) is 10.8. The lowest BCUT2D eigenvalue weighted by Gasteiger charge is -2.35. The summed E-state index contributed by atoms with van der Waals surface area (Å²) in [5, 5.41) is 0. The fourth-order valence-corrected chi connectivity index (χ4v) is 2.33. The minimum atomic E-state index is 0.546. The molecule has 15 heavy (non-hydrogen) atoms. The van der Waals surface area contributed by atoms with E-state index in [4.69, 9.17) is 0 Å². The summed E-state index contributed by atoms with van der Waals surface area (Å²) < 4.78 is 0. The van der Waals surface area contributed by atoms with Gasteiger partial charge in [-0.05, 0) is 52.7 Å². The standard InChI is InChI=1S/C14H23N/c1-10(2)15(11(3)4)14-12(5)8-7-9-13(14)6/h7-11H,1-6H3. The van der Waals surface area contributed by atoms with Gasteiger partial charge in [0.15, 0.2) is 0 Å². The Morgan fingerprint density at radius 3 is 1.60 bits per heavy atom. The normalized spacial score (nSPS) is 11.2. The van der Waals surface area contributed by atoms with Crippen LogP contribution < -0.4 is 4.90 Å². The Morgan fingerprint density at radius 2 is 1.27 bits per heavy atom. The van der Waals surface area contributed by atoms with Gasteiger partial charge in [0.05, 0.1) is 0 Å². The highest BCUT2D eigenvalue weighted by Gasteiger charge is 2.17. The Balaban J connectivity index is 3.22. The maximum Gasteiger partial charge on any atom is 0.0430 e. The summed E-state index contributed by atoms with van der Waals surface area (Å²) in [5.74, 6) is 0. The molecule has 0 heterocycles. The number of anilines is 1. The third-order valence-electron chi connectivity index (χ3n) is 2.81. The summed E-state index contributed by atoms with van der Waals surface area (Å²) in [6.45, 7) is 13.4. The number of aryl methyl sites for hydroxylation is 2. The highest BCUT2D eigenvalue weighted by molar-refractivity contribution is 5.59. The Bertz CT molecular complexity index is 298. The van der Waals surface area contributed by atoms with Crippen LogP contribution in [0.1, 0.15) is 38.8 Å². The van der Waals surface area contributed by atoms with Gasteiger partial charge in [-0.3, -0.25) is 0 Å². The van der Waals surface area contributed by atoms with Crippen LogP contribution in [0.15, 0.2) is 18.2 Å². The van der Waals surface area contributed by atoms with E-state index in [0.29, 0.717) is 12.1 Å². The van der Waals surface area contributed by atoms with Crippen molar-refractivity contribution in [2.24, 2.45) is 0 Å². The minimum Gasteiger partial charge on any atom is -0.366 e. The monoisotopic (exact) mass is 205 g/mol. The summed E-state index contributed by atoms with van der Waals surface area (Å²) in [6, 6.07) is 7.61. The van der Waals surface area contributed by atoms with Crippen molar-refractivity contribution in [1.29, 1.82) is 0 Å². The second-order valence-electron chi connectivity index (χ2n) is 4.84. The molecule has 0 atom stereocenters. The molecule has 1 nitrogen and oxygen atoms in total. The van der Waals surface area contributed by atoms with Crippen molar-refractivity contribution in [2.75, 3.05) is 4.90 Å². The molecule has 0 aliphatic rings. The molecule has 84 valence electrons. The van der Waals surface area contributed by atoms with E-state index in [2.05, 4.69) is 64.6 Å². The molecule has 0 bridgehead atoms. The lowest BCUT2D eigenvalue weighted by atomic mass is 10.0. The van der Waals surface area contributed by atoms with Gasteiger partial charge >= 0.3 is 0 Å². The highest BCUT2D eigenvalue weighted by atomic mass is 15.2. The Labute approximate surface area is 94.1 Å². The number of rotatable bonds is 3. The Morgan fingerprint density at radius 1 is 0.867 bits per heavy atom. The summed E-state index contributed by atoms with van der Waals surface area (Å²) in [5.41, 5.74) is 4.15. The van der Waals surface area contributed by atoms with E-state index < -0.39 is 0 Å². The van der Waals surface area contributed by atoms with E-state index in [0.717, 1.165) is 0 Å². The van der Waals surface area contributed by atoms with Crippen molar-refractivity contribution in [2.45, 2.75) is 53.6 Å². The molecule has 0 aliphatic heterocycles. The van der Waals surface area contributed by atoms with Crippen LogP contribution in [0, 0.1) is 13.8 Å². The van der Waals surface area contributed by atoms with E-state index in [1.54, 1.807) is 0 Å². The third kappa shape index (κ3) is 2.53. The first-order valence-electron chi connectivity index (χ1n) is 5.79. The van der Waals surface area contributed by atoms with E-state index in [1.165, 1.54) is 16.8 Å². The molecule has 0 fully saturated rings. The van der Waals surface area contributed by atoms with E-state index in [9.17, 15) is 0 Å². The molecule has 1 heteroatoms. The number of hydrogen-bond acceptors (Lipinski definition) is 1. The molecule has 0 radical (unpaired) electrons. The van der Waals surface area contributed by atoms with E-state index >= 15 is 0 Å². The molecule has 0 aliphatic carbocycles. The first-order valence-corrected chi connectivity index (χ1v) is 5.79. The van der Waals surface area contributed by atoms with Crippen molar-refractivity contribution >= 4 is 5.69 Å². The molecular formula is C14H23N. The number of nitrogens with zero attached hydrogens (tertiary/aromatic N) is 1. The fraction of sp³-hybridized carbons (Fsp3) is 0.571. The maximum atomic E-state index is 2.49. The molecule has 1 aromatic rings. The zero-order valence-electron chi connectivity index (χ0n) is 10.8. The predicted octanol–water partition coefficient (Wildman–Crippen LogP) is 3.93. The van der Waals surface area contributed by atoms with Crippen molar-refractivity contribution in [3.63, 3.8) is 0 Å². The van der Waals surface area contributed by atoms with E-state index in [-0.39, 0.29) is 0 Å². The van der Waals surface area contributed by atoms with Crippen molar-refractivity contribution < 1.29 is 0 Å². The van der Waals surface area contributed by atoms with Gasteiger partial charge in [0.1, 0.15) is 0 Å². The van der Waals surface area contributed by atoms with E-state index in [1.807, 2.05) is 0 Å². The van der Waals surface area contributed by atoms with Crippen LogP contribution in [0.5, 0.6) is 0 Å². The van der Waals surface area contributed by atoms with Crippen LogP contribution in [0.25, 0.3) is 0 Å². The van der Waals surface area contributed by atoms with Crippen LogP contribution >= 0.6 is 0 Å². The summed E-state index contributed by atoms with van der Waals surface area (Å²) in [6.07, 6.45) is 0. The van der Waals surface area contributed by atoms with Crippen LogP contribution in [-0.4, -0.2) is 12.1 Å². The second kappa shape index (κ2) is 4.69. The number of para-hydroxylation sites is 1. The molecule has 0 saturated carbocycles. The second-order valence-corrected chi connectivity index (χ2v) is 4.84. The van der Waals surface area contributed by atoms with Crippen molar-refractivity contribution in [1.82, 2.24) is 0 Å². The highest BCUT2D eigenvalue weighted by Crippen LogP contribution is 2.27. The Kier molecular flexibility index (Phi) is 3.78. The first kappa shape index (κ1) is 12.1. The quantitative estimate of drug-likeness (QED) is 0.722. The van der Waals surface area contributed by atoms with Crippen LogP contribution in [-0.2, 0) is 0 Å². The third-order valence-corrected chi connectivity index (χ3v) is 2.81. The summed E-state index contributed by atoms with van der Waals surface area (Å²) in [7, 11) is 0. The minimum absolute atomic E-state index is 0.546.